The molecule has 20 heavy (non-hydrogen) atoms. The van der Waals surface area contributed by atoms with E-state index >= 15 is 0 Å². The molecule has 1 aromatic carbocycles. The number of benzene rings is 1. The van der Waals surface area contributed by atoms with Gasteiger partial charge in [-0.05, 0) is 25.0 Å². The molecule has 2 rings (SSSR count). The highest BCUT2D eigenvalue weighted by molar-refractivity contribution is 5.39. The molecule has 0 atom stereocenters. The van der Waals surface area contributed by atoms with Gasteiger partial charge in [0.15, 0.2) is 11.5 Å². The van der Waals surface area contributed by atoms with Crippen molar-refractivity contribution in [3.05, 3.63) is 24.3 Å². The summed E-state index contributed by atoms with van der Waals surface area (Å²) >= 11 is 0. The molecule has 2 N–H and O–H groups in total. The predicted molar refractivity (Wildman–Crippen MR) is 79.4 cm³/mol. The Morgan fingerprint density at radius 3 is 2.55 bits per heavy atom. The van der Waals surface area contributed by atoms with Crippen LogP contribution in [0, 0.1) is 0 Å². The topological polar surface area (TPSA) is 50.7 Å². The van der Waals surface area contributed by atoms with E-state index in [4.69, 9.17) is 9.47 Å². The molecule has 0 aromatic heterocycles. The van der Waals surface area contributed by atoms with E-state index in [9.17, 15) is 5.11 Å². The third kappa shape index (κ3) is 4.39. The van der Waals surface area contributed by atoms with Gasteiger partial charge in [-0.1, -0.05) is 31.4 Å². The van der Waals surface area contributed by atoms with Crippen LogP contribution in [-0.2, 0) is 0 Å². The Morgan fingerprint density at radius 1 is 1.15 bits per heavy atom. The van der Waals surface area contributed by atoms with Crippen molar-refractivity contribution in [2.45, 2.75) is 37.7 Å². The van der Waals surface area contributed by atoms with Crippen molar-refractivity contribution in [1.82, 2.24) is 5.32 Å². The van der Waals surface area contributed by atoms with Gasteiger partial charge in [-0.25, -0.2) is 0 Å². The molecule has 0 unspecified atom stereocenters. The Morgan fingerprint density at radius 2 is 1.85 bits per heavy atom. The van der Waals surface area contributed by atoms with Crippen LogP contribution in [0.15, 0.2) is 24.3 Å². The second-order valence-electron chi connectivity index (χ2n) is 5.46. The van der Waals surface area contributed by atoms with Gasteiger partial charge in [0.2, 0.25) is 0 Å². The number of aliphatic hydroxyl groups is 1. The average molecular weight is 279 g/mol. The maximum absolute atomic E-state index is 10.3. The third-order valence-electron chi connectivity index (χ3n) is 3.84. The van der Waals surface area contributed by atoms with Gasteiger partial charge in [0.05, 0.1) is 12.7 Å². The predicted octanol–water partition coefficient (Wildman–Crippen LogP) is 2.36. The van der Waals surface area contributed by atoms with E-state index < -0.39 is 5.60 Å². The summed E-state index contributed by atoms with van der Waals surface area (Å²) in [5.74, 6) is 1.51. The summed E-state index contributed by atoms with van der Waals surface area (Å²) < 4.78 is 10.9. The molecule has 1 aliphatic rings. The van der Waals surface area contributed by atoms with E-state index in [1.807, 2.05) is 24.3 Å². The molecule has 0 bridgehead atoms. The van der Waals surface area contributed by atoms with E-state index in [0.717, 1.165) is 43.7 Å². The van der Waals surface area contributed by atoms with Crippen molar-refractivity contribution in [3.8, 4) is 11.5 Å². The maximum atomic E-state index is 10.3. The lowest BCUT2D eigenvalue weighted by atomic mass is 9.85. The van der Waals surface area contributed by atoms with E-state index in [2.05, 4.69) is 5.32 Å². The summed E-state index contributed by atoms with van der Waals surface area (Å²) in [4.78, 5) is 0. The highest BCUT2D eigenvalue weighted by Crippen LogP contribution is 2.27. The lowest BCUT2D eigenvalue weighted by Gasteiger charge is -2.32. The third-order valence-corrected chi connectivity index (χ3v) is 3.84. The van der Waals surface area contributed by atoms with Gasteiger partial charge in [0.25, 0.3) is 0 Å². The lowest BCUT2D eigenvalue weighted by molar-refractivity contribution is 0.00455. The van der Waals surface area contributed by atoms with Crippen LogP contribution in [0.4, 0.5) is 0 Å². The van der Waals surface area contributed by atoms with Gasteiger partial charge >= 0.3 is 0 Å². The number of hydrogen-bond donors (Lipinski definition) is 2. The lowest BCUT2D eigenvalue weighted by Crippen LogP contribution is -2.43. The van der Waals surface area contributed by atoms with Crippen LogP contribution in [-0.4, -0.2) is 37.5 Å². The first-order chi connectivity index (χ1) is 9.73. The van der Waals surface area contributed by atoms with E-state index in [1.165, 1.54) is 6.42 Å². The standard InChI is InChI=1S/C16H25NO3/c1-19-14-7-3-4-8-15(14)20-12-11-17-13-16(18)9-5-2-6-10-16/h3-4,7-8,17-18H,2,5-6,9-13H2,1H3. The Bertz CT molecular complexity index is 402. The molecule has 1 fully saturated rings. The first-order valence-electron chi connectivity index (χ1n) is 7.42. The van der Waals surface area contributed by atoms with Gasteiger partial charge in [0, 0.05) is 13.1 Å². The summed E-state index contributed by atoms with van der Waals surface area (Å²) in [6.45, 7) is 1.94. The zero-order valence-electron chi connectivity index (χ0n) is 12.2. The first kappa shape index (κ1) is 15.1. The zero-order chi connectivity index (χ0) is 14.3. The molecule has 0 amide bonds. The zero-order valence-corrected chi connectivity index (χ0v) is 12.2. The molecule has 1 saturated carbocycles. The monoisotopic (exact) mass is 279 g/mol. The van der Waals surface area contributed by atoms with Crippen LogP contribution in [0.3, 0.4) is 0 Å². The fraction of sp³-hybridized carbons (Fsp3) is 0.625. The molecule has 4 heteroatoms. The number of ether oxygens (including phenoxy) is 2. The summed E-state index contributed by atoms with van der Waals surface area (Å²) in [6, 6.07) is 7.62. The van der Waals surface area contributed by atoms with Gasteiger partial charge in [-0.15, -0.1) is 0 Å². The minimum atomic E-state index is -0.511. The fourth-order valence-electron chi connectivity index (χ4n) is 2.68. The summed E-state index contributed by atoms with van der Waals surface area (Å²) in [7, 11) is 1.64. The second-order valence-corrected chi connectivity index (χ2v) is 5.46. The molecule has 0 radical (unpaired) electrons. The highest BCUT2D eigenvalue weighted by atomic mass is 16.5. The highest BCUT2D eigenvalue weighted by Gasteiger charge is 2.28. The number of hydrogen-bond acceptors (Lipinski definition) is 4. The number of nitrogens with one attached hydrogen (secondary N) is 1. The summed E-state index contributed by atoms with van der Waals surface area (Å²) in [6.07, 6.45) is 5.34. The average Bonchev–Trinajstić information content (AvgIpc) is 2.48. The van der Waals surface area contributed by atoms with Crippen LogP contribution < -0.4 is 14.8 Å². The Hall–Kier alpha value is -1.26. The Balaban J connectivity index is 1.66. The van der Waals surface area contributed by atoms with Gasteiger partial charge in [-0.3, -0.25) is 0 Å². The van der Waals surface area contributed by atoms with Crippen molar-refractivity contribution in [1.29, 1.82) is 0 Å². The fourth-order valence-corrected chi connectivity index (χ4v) is 2.68. The SMILES string of the molecule is COc1ccccc1OCCNCC1(O)CCCCC1. The second kappa shape index (κ2) is 7.50. The van der Waals surface area contributed by atoms with Crippen molar-refractivity contribution in [2.75, 3.05) is 26.8 Å². The van der Waals surface area contributed by atoms with Crippen LogP contribution in [0.2, 0.25) is 0 Å². The molecule has 1 aromatic rings. The molecule has 0 heterocycles. The van der Waals surface area contributed by atoms with E-state index in [0.29, 0.717) is 13.2 Å². The van der Waals surface area contributed by atoms with Crippen molar-refractivity contribution < 1.29 is 14.6 Å². The van der Waals surface area contributed by atoms with Crippen molar-refractivity contribution >= 4 is 0 Å². The van der Waals surface area contributed by atoms with Crippen LogP contribution in [0.25, 0.3) is 0 Å². The van der Waals surface area contributed by atoms with Crippen LogP contribution in [0.5, 0.6) is 11.5 Å². The quantitative estimate of drug-likeness (QED) is 0.752. The molecule has 0 spiro atoms. The smallest absolute Gasteiger partial charge is 0.161 e. The number of methoxy groups -OCH3 is 1. The summed E-state index contributed by atoms with van der Waals surface area (Å²) in [5.41, 5.74) is -0.511. The Kier molecular flexibility index (Phi) is 5.68. The van der Waals surface area contributed by atoms with Crippen molar-refractivity contribution in [3.63, 3.8) is 0 Å². The van der Waals surface area contributed by atoms with Crippen LogP contribution >= 0.6 is 0 Å². The molecule has 0 aliphatic heterocycles. The number of rotatable bonds is 7. The van der Waals surface area contributed by atoms with E-state index in [-0.39, 0.29) is 0 Å². The molecule has 4 nitrogen and oxygen atoms in total. The molecule has 112 valence electrons. The largest absolute Gasteiger partial charge is 0.493 e. The molecule has 0 saturated heterocycles. The maximum Gasteiger partial charge on any atom is 0.161 e. The van der Waals surface area contributed by atoms with E-state index in [1.54, 1.807) is 7.11 Å². The van der Waals surface area contributed by atoms with Gasteiger partial charge < -0.3 is 19.9 Å². The summed E-state index contributed by atoms with van der Waals surface area (Å²) in [5, 5.41) is 13.6. The van der Waals surface area contributed by atoms with Crippen molar-refractivity contribution in [2.24, 2.45) is 0 Å². The number of para-hydroxylation sites is 2. The minimum absolute atomic E-state index is 0.511. The first-order valence-corrected chi connectivity index (χ1v) is 7.42. The Labute approximate surface area is 121 Å². The van der Waals surface area contributed by atoms with Crippen LogP contribution in [0.1, 0.15) is 32.1 Å². The minimum Gasteiger partial charge on any atom is -0.493 e. The molecular weight excluding hydrogens is 254 g/mol. The normalized spacial score (nSPS) is 17.7. The molecular formula is C16H25NO3. The molecule has 1 aliphatic carbocycles. The van der Waals surface area contributed by atoms with Gasteiger partial charge in [-0.2, -0.15) is 0 Å². The van der Waals surface area contributed by atoms with Gasteiger partial charge in [0.1, 0.15) is 6.61 Å².